The molecular weight excluding hydrogens is 266 g/mol. The number of hydrogen-bond acceptors (Lipinski definition) is 1. The topological polar surface area (TPSA) is 12.9 Å². The summed E-state index contributed by atoms with van der Waals surface area (Å²) in [4.78, 5) is 4.71. The molecule has 0 aliphatic rings. The SMILES string of the molecule is c1ccc2c(c1)ccc1c3ccccc3c3cccnc3c21. The Morgan fingerprint density at radius 3 is 2.05 bits per heavy atom. The Morgan fingerprint density at radius 2 is 1.18 bits per heavy atom. The zero-order chi connectivity index (χ0) is 14.5. The Morgan fingerprint density at radius 1 is 0.500 bits per heavy atom. The summed E-state index contributed by atoms with van der Waals surface area (Å²) in [5.74, 6) is 0. The maximum atomic E-state index is 4.71. The lowest BCUT2D eigenvalue weighted by Crippen LogP contribution is -1.86. The molecule has 4 aromatic carbocycles. The molecule has 1 heteroatoms. The minimum absolute atomic E-state index is 1.09. The van der Waals surface area contributed by atoms with Gasteiger partial charge in [0.15, 0.2) is 0 Å². The quantitative estimate of drug-likeness (QED) is 0.332. The first-order valence-corrected chi connectivity index (χ1v) is 7.50. The van der Waals surface area contributed by atoms with Crippen LogP contribution >= 0.6 is 0 Å². The lowest BCUT2D eigenvalue weighted by atomic mass is 9.93. The fourth-order valence-electron chi connectivity index (χ4n) is 3.53. The molecule has 0 amide bonds. The van der Waals surface area contributed by atoms with Gasteiger partial charge in [-0.3, -0.25) is 4.98 Å². The third-order valence-corrected chi connectivity index (χ3v) is 4.48. The van der Waals surface area contributed by atoms with Gasteiger partial charge in [-0.15, -0.1) is 0 Å². The Balaban J connectivity index is 2.24. The van der Waals surface area contributed by atoms with Crippen LogP contribution in [-0.4, -0.2) is 4.98 Å². The first kappa shape index (κ1) is 11.7. The first-order valence-electron chi connectivity index (χ1n) is 7.50. The zero-order valence-corrected chi connectivity index (χ0v) is 12.0. The van der Waals surface area contributed by atoms with Crippen LogP contribution in [0.15, 0.2) is 79.0 Å². The molecule has 0 fully saturated rings. The maximum Gasteiger partial charge on any atom is 0.0792 e. The van der Waals surface area contributed by atoms with E-state index in [0.29, 0.717) is 0 Å². The number of fused-ring (bicyclic) bond motifs is 8. The van der Waals surface area contributed by atoms with E-state index < -0.39 is 0 Å². The summed E-state index contributed by atoms with van der Waals surface area (Å²) in [6, 6.07) is 25.8. The number of aromatic nitrogens is 1. The maximum absolute atomic E-state index is 4.71. The van der Waals surface area contributed by atoms with Gasteiger partial charge >= 0.3 is 0 Å². The summed E-state index contributed by atoms with van der Waals surface area (Å²) < 4.78 is 0. The van der Waals surface area contributed by atoms with Gasteiger partial charge in [-0.2, -0.15) is 0 Å². The van der Waals surface area contributed by atoms with Crippen molar-refractivity contribution in [1.82, 2.24) is 4.98 Å². The van der Waals surface area contributed by atoms with Gasteiger partial charge < -0.3 is 0 Å². The molecule has 0 unspecified atom stereocenters. The highest BCUT2D eigenvalue weighted by molar-refractivity contribution is 6.30. The molecule has 0 N–H and O–H groups in total. The van der Waals surface area contributed by atoms with E-state index >= 15 is 0 Å². The van der Waals surface area contributed by atoms with Crippen LogP contribution in [0, 0.1) is 0 Å². The van der Waals surface area contributed by atoms with Crippen molar-refractivity contribution < 1.29 is 0 Å². The smallest absolute Gasteiger partial charge is 0.0792 e. The first-order chi connectivity index (χ1) is 10.9. The molecule has 1 heterocycles. The van der Waals surface area contributed by atoms with Crippen molar-refractivity contribution in [3.05, 3.63) is 79.0 Å². The lowest BCUT2D eigenvalue weighted by Gasteiger charge is -2.11. The summed E-state index contributed by atoms with van der Waals surface area (Å²) in [7, 11) is 0. The van der Waals surface area contributed by atoms with Gasteiger partial charge in [-0.05, 0) is 33.0 Å². The molecule has 22 heavy (non-hydrogen) atoms. The van der Waals surface area contributed by atoms with Crippen molar-refractivity contribution in [1.29, 1.82) is 0 Å². The van der Waals surface area contributed by atoms with E-state index in [4.69, 9.17) is 4.98 Å². The molecule has 0 spiro atoms. The van der Waals surface area contributed by atoms with Crippen molar-refractivity contribution in [2.75, 3.05) is 0 Å². The van der Waals surface area contributed by atoms with Crippen LogP contribution in [0.5, 0.6) is 0 Å². The number of rotatable bonds is 0. The van der Waals surface area contributed by atoms with Crippen molar-refractivity contribution >= 4 is 43.2 Å². The van der Waals surface area contributed by atoms with Crippen LogP contribution in [0.1, 0.15) is 0 Å². The van der Waals surface area contributed by atoms with Gasteiger partial charge in [-0.1, -0.05) is 66.7 Å². The summed E-state index contributed by atoms with van der Waals surface area (Å²) >= 11 is 0. The van der Waals surface area contributed by atoms with Crippen molar-refractivity contribution in [3.8, 4) is 0 Å². The second-order valence-electron chi connectivity index (χ2n) is 5.65. The van der Waals surface area contributed by atoms with Crippen LogP contribution in [-0.2, 0) is 0 Å². The Bertz CT molecular complexity index is 1130. The van der Waals surface area contributed by atoms with Gasteiger partial charge in [0.25, 0.3) is 0 Å². The van der Waals surface area contributed by atoms with E-state index in [1.54, 1.807) is 0 Å². The number of hydrogen-bond donors (Lipinski definition) is 0. The van der Waals surface area contributed by atoms with Crippen LogP contribution in [0.4, 0.5) is 0 Å². The van der Waals surface area contributed by atoms with Crippen molar-refractivity contribution in [2.45, 2.75) is 0 Å². The highest BCUT2D eigenvalue weighted by atomic mass is 14.6. The summed E-state index contributed by atoms with van der Waals surface area (Å²) in [5, 5.41) is 8.86. The Labute approximate surface area is 127 Å². The number of nitrogens with zero attached hydrogens (tertiary/aromatic N) is 1. The predicted molar refractivity (Wildman–Crippen MR) is 94.3 cm³/mol. The van der Waals surface area contributed by atoms with E-state index in [-0.39, 0.29) is 0 Å². The second-order valence-corrected chi connectivity index (χ2v) is 5.65. The minimum atomic E-state index is 1.09. The van der Waals surface area contributed by atoms with Crippen LogP contribution in [0.2, 0.25) is 0 Å². The molecule has 102 valence electrons. The van der Waals surface area contributed by atoms with Crippen molar-refractivity contribution in [2.24, 2.45) is 0 Å². The molecule has 0 atom stereocenters. The minimum Gasteiger partial charge on any atom is -0.256 e. The molecule has 0 aliphatic carbocycles. The third kappa shape index (κ3) is 1.45. The highest BCUT2D eigenvalue weighted by Gasteiger charge is 2.11. The normalized spacial score (nSPS) is 11.6. The largest absolute Gasteiger partial charge is 0.256 e. The van der Waals surface area contributed by atoms with Crippen LogP contribution in [0.25, 0.3) is 43.2 Å². The molecule has 0 aliphatic heterocycles. The van der Waals surface area contributed by atoms with Crippen molar-refractivity contribution in [3.63, 3.8) is 0 Å². The van der Waals surface area contributed by atoms with Gasteiger partial charge in [0.1, 0.15) is 0 Å². The number of benzene rings is 4. The molecule has 0 saturated heterocycles. The van der Waals surface area contributed by atoms with E-state index in [9.17, 15) is 0 Å². The van der Waals surface area contributed by atoms with Crippen LogP contribution < -0.4 is 0 Å². The Kier molecular flexibility index (Phi) is 2.28. The molecule has 5 rings (SSSR count). The highest BCUT2D eigenvalue weighted by Crippen LogP contribution is 2.37. The molecule has 0 saturated carbocycles. The fourth-order valence-corrected chi connectivity index (χ4v) is 3.53. The molecular formula is C21H13N. The second kappa shape index (κ2) is 4.28. The van der Waals surface area contributed by atoms with Gasteiger partial charge in [0.05, 0.1) is 5.52 Å². The fraction of sp³-hybridized carbons (Fsp3) is 0. The Hall–Kier alpha value is -2.93. The molecule has 0 bridgehead atoms. The average molecular weight is 279 g/mol. The van der Waals surface area contributed by atoms with Crippen LogP contribution in [0.3, 0.4) is 0 Å². The van der Waals surface area contributed by atoms with Gasteiger partial charge in [0.2, 0.25) is 0 Å². The van der Waals surface area contributed by atoms with E-state index in [1.807, 2.05) is 12.3 Å². The van der Waals surface area contributed by atoms with E-state index in [0.717, 1.165) is 5.52 Å². The summed E-state index contributed by atoms with van der Waals surface area (Å²) in [5.41, 5.74) is 1.09. The number of pyridine rings is 1. The predicted octanol–water partition coefficient (Wildman–Crippen LogP) is 5.69. The van der Waals surface area contributed by atoms with Gasteiger partial charge in [-0.25, -0.2) is 0 Å². The standard InChI is InChI=1S/C21H13N/c1-2-7-15-14(6-1)11-12-18-16-8-3-4-9-17(16)19-10-5-13-22-21(19)20(15)18/h1-13H. The molecule has 0 radical (unpaired) electrons. The lowest BCUT2D eigenvalue weighted by molar-refractivity contribution is 1.43. The third-order valence-electron chi connectivity index (χ3n) is 4.48. The van der Waals surface area contributed by atoms with Gasteiger partial charge in [0, 0.05) is 17.0 Å². The molecule has 1 nitrogen and oxygen atoms in total. The summed E-state index contributed by atoms with van der Waals surface area (Å²) in [6.07, 6.45) is 1.89. The molecule has 5 aromatic rings. The van der Waals surface area contributed by atoms with E-state index in [1.165, 1.54) is 37.7 Å². The average Bonchev–Trinajstić information content (AvgIpc) is 2.61. The molecule has 1 aromatic heterocycles. The zero-order valence-electron chi connectivity index (χ0n) is 12.0. The monoisotopic (exact) mass is 279 g/mol. The van der Waals surface area contributed by atoms with E-state index in [2.05, 4.69) is 66.7 Å². The summed E-state index contributed by atoms with van der Waals surface area (Å²) in [6.45, 7) is 0.